The highest BCUT2D eigenvalue weighted by Gasteiger charge is 2.14. The van der Waals surface area contributed by atoms with Crippen LogP contribution in [0.25, 0.3) is 5.70 Å². The fraction of sp³-hybridized carbons (Fsp3) is 0.167. The highest BCUT2D eigenvalue weighted by molar-refractivity contribution is 6.39. The molecule has 0 amide bonds. The minimum Gasteiger partial charge on any atom is -0.460 e. The van der Waals surface area contributed by atoms with E-state index in [4.69, 9.17) is 0 Å². The number of nitroso groups, excluding NO2 is 1. The van der Waals surface area contributed by atoms with E-state index in [9.17, 15) is 14.5 Å². The molecular weight excluding hydrogens is 222 g/mol. The van der Waals surface area contributed by atoms with E-state index in [0.29, 0.717) is 5.56 Å². The number of ketones is 1. The van der Waals surface area contributed by atoms with Crippen LogP contribution in [0.4, 0.5) is 0 Å². The van der Waals surface area contributed by atoms with Crippen molar-refractivity contribution in [1.82, 2.24) is 0 Å². The van der Waals surface area contributed by atoms with Gasteiger partial charge in [0.25, 0.3) is 5.78 Å². The minimum absolute atomic E-state index is 0.0938. The Kier molecular flexibility index (Phi) is 4.75. The van der Waals surface area contributed by atoms with Gasteiger partial charge in [0, 0.05) is 11.6 Å². The predicted molar refractivity (Wildman–Crippen MR) is 61.9 cm³/mol. The van der Waals surface area contributed by atoms with Gasteiger partial charge >= 0.3 is 5.97 Å². The Hall–Kier alpha value is -2.30. The van der Waals surface area contributed by atoms with Crippen LogP contribution >= 0.6 is 0 Å². The Labute approximate surface area is 98.1 Å². The molecule has 0 bridgehead atoms. The fourth-order valence-corrected chi connectivity index (χ4v) is 1.16. The number of hydrogen-bond donors (Lipinski definition) is 0. The molecule has 0 heterocycles. The van der Waals surface area contributed by atoms with Gasteiger partial charge in [0.15, 0.2) is 0 Å². The molecule has 5 heteroatoms. The van der Waals surface area contributed by atoms with Crippen LogP contribution < -0.4 is 0 Å². The van der Waals surface area contributed by atoms with Gasteiger partial charge < -0.3 is 4.74 Å². The van der Waals surface area contributed by atoms with E-state index in [2.05, 4.69) is 9.91 Å². The summed E-state index contributed by atoms with van der Waals surface area (Å²) < 4.78 is 4.51. The Balaban J connectivity index is 2.92. The molecule has 1 aromatic carbocycles. The minimum atomic E-state index is -0.996. The zero-order chi connectivity index (χ0) is 12.7. The normalized spacial score (nSPS) is 10.8. The lowest BCUT2D eigenvalue weighted by Crippen LogP contribution is -2.15. The molecule has 17 heavy (non-hydrogen) atoms. The molecule has 0 aliphatic heterocycles. The first-order valence-corrected chi connectivity index (χ1v) is 5.00. The molecule has 5 nitrogen and oxygen atoms in total. The second-order valence-electron chi connectivity index (χ2n) is 3.07. The number of ether oxygens (including phenoxy) is 1. The third kappa shape index (κ3) is 3.64. The van der Waals surface area contributed by atoms with E-state index in [1.165, 1.54) is 0 Å². The molecule has 0 spiro atoms. The Bertz CT molecular complexity index is 451. The van der Waals surface area contributed by atoms with Crippen LogP contribution in [0.2, 0.25) is 0 Å². The van der Waals surface area contributed by atoms with Crippen molar-refractivity contribution in [1.29, 1.82) is 0 Å². The summed E-state index contributed by atoms with van der Waals surface area (Å²) in [5, 5.41) is 2.72. The monoisotopic (exact) mass is 233 g/mol. The number of hydrogen-bond acceptors (Lipinski definition) is 5. The third-order valence-corrected chi connectivity index (χ3v) is 1.91. The van der Waals surface area contributed by atoms with E-state index in [1.807, 2.05) is 0 Å². The maximum Gasteiger partial charge on any atom is 0.379 e. The Morgan fingerprint density at radius 3 is 2.47 bits per heavy atom. The number of benzene rings is 1. The maximum absolute atomic E-state index is 11.3. The molecule has 1 rings (SSSR count). The lowest BCUT2D eigenvalue weighted by Gasteiger charge is -1.99. The zero-order valence-electron chi connectivity index (χ0n) is 9.25. The summed E-state index contributed by atoms with van der Waals surface area (Å²) in [5.41, 5.74) is 0.379. The predicted octanol–water partition coefficient (Wildman–Crippen LogP) is 1.93. The SMILES string of the molecule is CCOC(=O)C(=O)/C=C(\N=O)c1ccccc1. The topological polar surface area (TPSA) is 72.8 Å². The summed E-state index contributed by atoms with van der Waals surface area (Å²) >= 11 is 0. The second kappa shape index (κ2) is 6.32. The van der Waals surface area contributed by atoms with Gasteiger partial charge in [0.1, 0.15) is 5.70 Å². The molecule has 1 aromatic rings. The van der Waals surface area contributed by atoms with Crippen LogP contribution in [0, 0.1) is 4.91 Å². The molecule has 0 saturated heterocycles. The summed E-state index contributed by atoms with van der Waals surface area (Å²) in [6.45, 7) is 1.69. The first-order valence-electron chi connectivity index (χ1n) is 5.00. The summed E-state index contributed by atoms with van der Waals surface area (Å²) in [6, 6.07) is 8.39. The number of carbonyl (C=O) groups is 2. The first-order chi connectivity index (χ1) is 8.19. The molecule has 0 radical (unpaired) electrons. The Morgan fingerprint density at radius 1 is 1.29 bits per heavy atom. The summed E-state index contributed by atoms with van der Waals surface area (Å²) in [5.74, 6) is -1.89. The lowest BCUT2D eigenvalue weighted by molar-refractivity contribution is -0.151. The standard InChI is InChI=1S/C12H11NO4/c1-2-17-12(15)11(14)8-10(13-16)9-6-4-3-5-7-9/h3-8H,2H2,1H3/b10-8-. The van der Waals surface area contributed by atoms with E-state index in [-0.39, 0.29) is 12.3 Å². The molecule has 88 valence electrons. The van der Waals surface area contributed by atoms with Crippen molar-refractivity contribution in [3.05, 3.63) is 46.9 Å². The molecule has 0 aromatic heterocycles. The summed E-state index contributed by atoms with van der Waals surface area (Å²) in [6.07, 6.45) is 0.875. The van der Waals surface area contributed by atoms with Crippen LogP contribution in [0.3, 0.4) is 0 Å². The van der Waals surface area contributed by atoms with Gasteiger partial charge in [-0.05, 0) is 12.1 Å². The summed E-state index contributed by atoms with van der Waals surface area (Å²) in [4.78, 5) is 33.0. The third-order valence-electron chi connectivity index (χ3n) is 1.91. The molecule has 0 aliphatic carbocycles. The molecular formula is C12H11NO4. The Morgan fingerprint density at radius 2 is 1.94 bits per heavy atom. The van der Waals surface area contributed by atoms with Gasteiger partial charge in [-0.1, -0.05) is 30.3 Å². The fourth-order valence-electron chi connectivity index (χ4n) is 1.16. The quantitative estimate of drug-likeness (QED) is 0.337. The highest BCUT2D eigenvalue weighted by atomic mass is 16.5. The van der Waals surface area contributed by atoms with Gasteiger partial charge in [-0.2, -0.15) is 0 Å². The average molecular weight is 233 g/mol. The number of carbonyl (C=O) groups excluding carboxylic acids is 2. The van der Waals surface area contributed by atoms with Gasteiger partial charge in [-0.25, -0.2) is 4.79 Å². The number of esters is 1. The van der Waals surface area contributed by atoms with Crippen molar-refractivity contribution in [2.24, 2.45) is 5.18 Å². The van der Waals surface area contributed by atoms with Crippen LogP contribution in [0.5, 0.6) is 0 Å². The average Bonchev–Trinajstić information content (AvgIpc) is 2.37. The van der Waals surface area contributed by atoms with Crippen LogP contribution in [0.1, 0.15) is 12.5 Å². The molecule has 0 aliphatic rings. The van der Waals surface area contributed by atoms with E-state index in [1.54, 1.807) is 37.3 Å². The van der Waals surface area contributed by atoms with E-state index >= 15 is 0 Å². The maximum atomic E-state index is 11.3. The lowest BCUT2D eigenvalue weighted by atomic mass is 10.1. The van der Waals surface area contributed by atoms with Gasteiger partial charge in [0.2, 0.25) is 0 Å². The number of rotatable bonds is 5. The zero-order valence-corrected chi connectivity index (χ0v) is 9.25. The van der Waals surface area contributed by atoms with E-state index < -0.39 is 11.8 Å². The van der Waals surface area contributed by atoms with Crippen LogP contribution in [-0.4, -0.2) is 18.4 Å². The van der Waals surface area contributed by atoms with Crippen LogP contribution in [-0.2, 0) is 14.3 Å². The largest absolute Gasteiger partial charge is 0.460 e. The van der Waals surface area contributed by atoms with Crippen LogP contribution in [0.15, 0.2) is 41.6 Å². The van der Waals surface area contributed by atoms with Crippen molar-refractivity contribution in [2.75, 3.05) is 6.61 Å². The smallest absolute Gasteiger partial charge is 0.379 e. The van der Waals surface area contributed by atoms with Crippen molar-refractivity contribution >= 4 is 17.4 Å². The van der Waals surface area contributed by atoms with Crippen molar-refractivity contribution in [2.45, 2.75) is 6.92 Å². The molecule has 0 atom stereocenters. The van der Waals surface area contributed by atoms with E-state index in [0.717, 1.165) is 6.08 Å². The van der Waals surface area contributed by atoms with Gasteiger partial charge in [-0.15, -0.1) is 4.91 Å². The molecule has 0 fully saturated rings. The highest BCUT2D eigenvalue weighted by Crippen LogP contribution is 2.14. The number of nitrogens with zero attached hydrogens (tertiary/aromatic N) is 1. The van der Waals surface area contributed by atoms with Crippen molar-refractivity contribution in [3.8, 4) is 0 Å². The summed E-state index contributed by atoms with van der Waals surface area (Å²) in [7, 11) is 0. The van der Waals surface area contributed by atoms with Crippen molar-refractivity contribution < 1.29 is 14.3 Å². The molecule has 0 saturated carbocycles. The second-order valence-corrected chi connectivity index (χ2v) is 3.07. The van der Waals surface area contributed by atoms with Gasteiger partial charge in [0.05, 0.1) is 6.61 Å². The van der Waals surface area contributed by atoms with Crippen molar-refractivity contribution in [3.63, 3.8) is 0 Å². The molecule has 0 unspecified atom stereocenters. The molecule has 0 N–H and O–H groups in total. The first kappa shape index (κ1) is 12.8. The van der Waals surface area contributed by atoms with Gasteiger partial charge in [-0.3, -0.25) is 4.79 Å².